The number of Topliss-reactive ketones (excluding diaryl/α,β-unsaturated/α-hetero) is 1. The molecule has 1 heterocycles. The first-order valence-electron chi connectivity index (χ1n) is 6.52. The number of nitrogens with zero attached hydrogens (tertiary/aromatic N) is 2. The van der Waals surface area contributed by atoms with E-state index in [-0.39, 0.29) is 11.7 Å². The smallest absolute Gasteiger partial charge is 0.237 e. The standard InChI is InChI=1S/C13H20N2O3/c1-4-13(2,17-3)12-14-11(18-15-12)9-7-5-6-8-10(9)16/h9H,4-8H2,1-3H3. The van der Waals surface area contributed by atoms with Gasteiger partial charge in [-0.25, -0.2) is 0 Å². The summed E-state index contributed by atoms with van der Waals surface area (Å²) >= 11 is 0. The highest BCUT2D eigenvalue weighted by atomic mass is 16.5. The van der Waals surface area contributed by atoms with Gasteiger partial charge in [0.2, 0.25) is 11.7 Å². The summed E-state index contributed by atoms with van der Waals surface area (Å²) in [4.78, 5) is 16.2. The lowest BCUT2D eigenvalue weighted by Gasteiger charge is -2.22. The van der Waals surface area contributed by atoms with E-state index in [9.17, 15) is 4.79 Å². The van der Waals surface area contributed by atoms with Gasteiger partial charge in [0.15, 0.2) is 0 Å². The molecule has 0 spiro atoms. The third-order valence-corrected chi connectivity index (χ3v) is 3.89. The zero-order valence-corrected chi connectivity index (χ0v) is 11.2. The van der Waals surface area contributed by atoms with Crippen molar-refractivity contribution in [2.24, 2.45) is 0 Å². The molecule has 1 saturated carbocycles. The van der Waals surface area contributed by atoms with Gasteiger partial charge in [0.1, 0.15) is 11.4 Å². The van der Waals surface area contributed by atoms with E-state index in [0.29, 0.717) is 18.1 Å². The first-order valence-corrected chi connectivity index (χ1v) is 6.52. The Balaban J connectivity index is 2.22. The fourth-order valence-electron chi connectivity index (χ4n) is 2.23. The summed E-state index contributed by atoms with van der Waals surface area (Å²) in [6.07, 6.45) is 4.21. The van der Waals surface area contributed by atoms with E-state index < -0.39 is 5.60 Å². The van der Waals surface area contributed by atoms with Crippen molar-refractivity contribution in [3.05, 3.63) is 11.7 Å². The SMILES string of the molecule is CCC(C)(OC)c1noc(C2CCCCC2=O)n1. The molecule has 0 aliphatic heterocycles. The van der Waals surface area contributed by atoms with Gasteiger partial charge in [0.25, 0.3) is 0 Å². The lowest BCUT2D eigenvalue weighted by Crippen LogP contribution is -2.25. The second-order valence-electron chi connectivity index (χ2n) is 5.01. The maximum atomic E-state index is 11.8. The predicted molar refractivity (Wildman–Crippen MR) is 65.2 cm³/mol. The van der Waals surface area contributed by atoms with Crippen molar-refractivity contribution in [3.63, 3.8) is 0 Å². The second-order valence-corrected chi connectivity index (χ2v) is 5.01. The van der Waals surface area contributed by atoms with Crippen molar-refractivity contribution >= 4 is 5.78 Å². The molecule has 0 amide bonds. The first kappa shape index (κ1) is 13.2. The molecule has 1 aromatic heterocycles. The van der Waals surface area contributed by atoms with Crippen molar-refractivity contribution in [1.29, 1.82) is 0 Å². The van der Waals surface area contributed by atoms with E-state index in [1.54, 1.807) is 7.11 Å². The van der Waals surface area contributed by atoms with E-state index in [1.807, 2.05) is 13.8 Å². The molecule has 0 bridgehead atoms. The van der Waals surface area contributed by atoms with Crippen LogP contribution in [0.25, 0.3) is 0 Å². The number of ether oxygens (including phenoxy) is 1. The minimum atomic E-state index is -0.542. The van der Waals surface area contributed by atoms with Gasteiger partial charge < -0.3 is 9.26 Å². The zero-order valence-electron chi connectivity index (χ0n) is 11.2. The highest BCUT2D eigenvalue weighted by molar-refractivity contribution is 5.85. The van der Waals surface area contributed by atoms with Gasteiger partial charge in [-0.05, 0) is 26.2 Å². The summed E-state index contributed by atoms with van der Waals surface area (Å²) in [7, 11) is 1.63. The molecule has 2 rings (SSSR count). The Morgan fingerprint density at radius 2 is 2.28 bits per heavy atom. The lowest BCUT2D eigenvalue weighted by atomic mass is 9.88. The monoisotopic (exact) mass is 252 g/mol. The number of methoxy groups -OCH3 is 1. The number of ketones is 1. The van der Waals surface area contributed by atoms with Gasteiger partial charge in [-0.3, -0.25) is 4.79 Å². The van der Waals surface area contributed by atoms with Crippen LogP contribution in [-0.2, 0) is 15.1 Å². The van der Waals surface area contributed by atoms with E-state index >= 15 is 0 Å². The summed E-state index contributed by atoms with van der Waals surface area (Å²) in [5, 5.41) is 3.98. The summed E-state index contributed by atoms with van der Waals surface area (Å²) in [6.45, 7) is 3.93. The van der Waals surface area contributed by atoms with Gasteiger partial charge in [-0.1, -0.05) is 18.5 Å². The lowest BCUT2D eigenvalue weighted by molar-refractivity contribution is -0.122. The average molecular weight is 252 g/mol. The van der Waals surface area contributed by atoms with Crippen LogP contribution in [-0.4, -0.2) is 23.0 Å². The molecule has 1 aliphatic carbocycles. The van der Waals surface area contributed by atoms with Crippen LogP contribution in [0.1, 0.15) is 63.6 Å². The maximum absolute atomic E-state index is 11.8. The third kappa shape index (κ3) is 2.32. The molecular weight excluding hydrogens is 232 g/mol. The summed E-state index contributed by atoms with van der Waals surface area (Å²) in [6, 6.07) is 0. The molecule has 0 aromatic carbocycles. The molecule has 100 valence electrons. The highest BCUT2D eigenvalue weighted by Gasteiger charge is 2.34. The largest absolute Gasteiger partial charge is 0.370 e. The van der Waals surface area contributed by atoms with E-state index in [2.05, 4.69) is 10.1 Å². The molecule has 2 atom stereocenters. The number of carbonyl (C=O) groups is 1. The first-order chi connectivity index (χ1) is 8.60. The minimum Gasteiger partial charge on any atom is -0.370 e. The normalized spacial score (nSPS) is 23.9. The van der Waals surface area contributed by atoms with Crippen molar-refractivity contribution < 1.29 is 14.1 Å². The van der Waals surface area contributed by atoms with E-state index in [4.69, 9.17) is 9.26 Å². The summed E-state index contributed by atoms with van der Waals surface area (Å²) < 4.78 is 10.7. The Morgan fingerprint density at radius 1 is 1.50 bits per heavy atom. The molecule has 1 aliphatic rings. The van der Waals surface area contributed by atoms with Crippen LogP contribution in [0.3, 0.4) is 0 Å². The number of aromatic nitrogens is 2. The van der Waals surface area contributed by atoms with Crippen LogP contribution in [0.4, 0.5) is 0 Å². The van der Waals surface area contributed by atoms with Crippen molar-refractivity contribution in [2.45, 2.75) is 57.5 Å². The quantitative estimate of drug-likeness (QED) is 0.824. The fraction of sp³-hybridized carbons (Fsp3) is 0.769. The zero-order chi connectivity index (χ0) is 13.2. The van der Waals surface area contributed by atoms with E-state index in [0.717, 1.165) is 25.7 Å². The Labute approximate surface area is 107 Å². The molecule has 5 heteroatoms. The van der Waals surface area contributed by atoms with Crippen LogP contribution in [0.15, 0.2) is 4.52 Å². The average Bonchev–Trinajstić information content (AvgIpc) is 2.88. The fourth-order valence-corrected chi connectivity index (χ4v) is 2.23. The van der Waals surface area contributed by atoms with Crippen molar-refractivity contribution in [3.8, 4) is 0 Å². The summed E-state index contributed by atoms with van der Waals surface area (Å²) in [5.74, 6) is 0.984. The molecule has 0 radical (unpaired) electrons. The number of carbonyl (C=O) groups excluding carboxylic acids is 1. The van der Waals surface area contributed by atoms with Gasteiger partial charge in [-0.15, -0.1) is 0 Å². The Kier molecular flexibility index (Phi) is 3.80. The van der Waals surface area contributed by atoms with Gasteiger partial charge in [0.05, 0.1) is 5.92 Å². The highest BCUT2D eigenvalue weighted by Crippen LogP contribution is 2.31. The Bertz CT molecular complexity index is 424. The molecule has 18 heavy (non-hydrogen) atoms. The van der Waals surface area contributed by atoms with Crippen LogP contribution in [0, 0.1) is 0 Å². The van der Waals surface area contributed by atoms with Gasteiger partial charge in [0, 0.05) is 13.5 Å². The second kappa shape index (κ2) is 5.18. The van der Waals surface area contributed by atoms with E-state index in [1.165, 1.54) is 0 Å². The van der Waals surface area contributed by atoms with Crippen molar-refractivity contribution in [2.75, 3.05) is 7.11 Å². The van der Waals surface area contributed by atoms with Crippen molar-refractivity contribution in [1.82, 2.24) is 10.1 Å². The molecule has 5 nitrogen and oxygen atoms in total. The topological polar surface area (TPSA) is 65.2 Å². The molecule has 0 N–H and O–H groups in total. The third-order valence-electron chi connectivity index (χ3n) is 3.89. The van der Waals surface area contributed by atoms with Gasteiger partial charge in [-0.2, -0.15) is 4.98 Å². The maximum Gasteiger partial charge on any atom is 0.237 e. The summed E-state index contributed by atoms with van der Waals surface area (Å²) in [5.41, 5.74) is -0.542. The van der Waals surface area contributed by atoms with Crippen LogP contribution in [0.2, 0.25) is 0 Å². The van der Waals surface area contributed by atoms with Crippen LogP contribution < -0.4 is 0 Å². The molecule has 1 fully saturated rings. The Hall–Kier alpha value is -1.23. The van der Waals surface area contributed by atoms with Gasteiger partial charge >= 0.3 is 0 Å². The molecule has 1 aromatic rings. The molecule has 0 saturated heterocycles. The minimum absolute atomic E-state index is 0.210. The molecule has 2 unspecified atom stereocenters. The number of hydrogen-bond acceptors (Lipinski definition) is 5. The molecular formula is C13H20N2O3. The van der Waals surface area contributed by atoms with Crippen LogP contribution in [0.5, 0.6) is 0 Å². The number of hydrogen-bond donors (Lipinski definition) is 0. The Morgan fingerprint density at radius 3 is 2.89 bits per heavy atom. The predicted octanol–water partition coefficient (Wildman–Crippen LogP) is 2.57. The van der Waals surface area contributed by atoms with Crippen LogP contribution >= 0.6 is 0 Å². The number of rotatable bonds is 4.